The van der Waals surface area contributed by atoms with Crippen molar-refractivity contribution in [1.29, 1.82) is 0 Å². The lowest BCUT2D eigenvalue weighted by Gasteiger charge is -2.29. The second-order valence-electron chi connectivity index (χ2n) is 6.42. The van der Waals surface area contributed by atoms with Gasteiger partial charge in [-0.25, -0.2) is 4.79 Å². The molecule has 1 saturated heterocycles. The first kappa shape index (κ1) is 15.6. The predicted octanol–water partition coefficient (Wildman–Crippen LogP) is 2.09. The number of hydrogen-bond acceptors (Lipinski definition) is 5. The maximum absolute atomic E-state index is 12.0. The molecule has 2 aromatic rings. The number of likely N-dealkylation sites (N-methyl/N-ethyl adjacent to an activating group) is 1. The summed E-state index contributed by atoms with van der Waals surface area (Å²) < 4.78 is 10.6. The van der Waals surface area contributed by atoms with Crippen LogP contribution in [0.4, 0.5) is 0 Å². The Kier molecular flexibility index (Phi) is 4.00. The second kappa shape index (κ2) is 6.16. The van der Waals surface area contributed by atoms with Crippen molar-refractivity contribution in [3.8, 4) is 0 Å². The van der Waals surface area contributed by atoms with Gasteiger partial charge in [0.15, 0.2) is 0 Å². The topological polar surface area (TPSA) is 59.0 Å². The van der Waals surface area contributed by atoms with Crippen LogP contribution in [0, 0.1) is 0 Å². The SMILES string of the molecule is CCN(Cc1ccc2c3c(cccc13)C(=O)OC2)[C@H]1COC[C@@H]1O. The van der Waals surface area contributed by atoms with E-state index < -0.39 is 6.10 Å². The second-order valence-corrected chi connectivity index (χ2v) is 6.42. The Bertz CT molecular complexity index is 788. The average molecular weight is 327 g/mol. The van der Waals surface area contributed by atoms with E-state index in [2.05, 4.69) is 24.0 Å². The van der Waals surface area contributed by atoms with Crippen LogP contribution in [-0.2, 0) is 22.6 Å². The monoisotopic (exact) mass is 327 g/mol. The number of aliphatic hydroxyl groups is 1. The Morgan fingerprint density at radius 2 is 2.12 bits per heavy atom. The molecule has 0 saturated carbocycles. The minimum Gasteiger partial charge on any atom is -0.457 e. The van der Waals surface area contributed by atoms with Gasteiger partial charge >= 0.3 is 5.97 Å². The highest BCUT2D eigenvalue weighted by atomic mass is 16.5. The lowest BCUT2D eigenvalue weighted by molar-refractivity contribution is 0.0463. The summed E-state index contributed by atoms with van der Waals surface area (Å²) >= 11 is 0. The summed E-state index contributed by atoms with van der Waals surface area (Å²) in [4.78, 5) is 14.3. The smallest absolute Gasteiger partial charge is 0.339 e. The highest BCUT2D eigenvalue weighted by Crippen LogP contribution is 2.32. The molecule has 4 rings (SSSR count). The molecule has 126 valence electrons. The average Bonchev–Trinajstić information content (AvgIpc) is 3.03. The maximum Gasteiger partial charge on any atom is 0.339 e. The van der Waals surface area contributed by atoms with Crippen LogP contribution in [0.25, 0.3) is 10.8 Å². The van der Waals surface area contributed by atoms with Crippen LogP contribution in [0.5, 0.6) is 0 Å². The number of cyclic esters (lactones) is 1. The number of aliphatic hydroxyl groups excluding tert-OH is 1. The first-order valence-corrected chi connectivity index (χ1v) is 8.39. The van der Waals surface area contributed by atoms with Crippen molar-refractivity contribution < 1.29 is 19.4 Å². The molecule has 0 aromatic heterocycles. The Morgan fingerprint density at radius 1 is 1.25 bits per heavy atom. The number of esters is 1. The molecule has 1 fully saturated rings. The van der Waals surface area contributed by atoms with Crippen LogP contribution in [-0.4, -0.2) is 47.9 Å². The van der Waals surface area contributed by atoms with Gasteiger partial charge in [-0.2, -0.15) is 0 Å². The first-order valence-electron chi connectivity index (χ1n) is 8.39. The van der Waals surface area contributed by atoms with Crippen LogP contribution in [0.1, 0.15) is 28.4 Å². The van der Waals surface area contributed by atoms with Crippen LogP contribution in [0.2, 0.25) is 0 Å². The maximum atomic E-state index is 12.0. The van der Waals surface area contributed by atoms with Crippen molar-refractivity contribution in [2.75, 3.05) is 19.8 Å². The highest BCUT2D eigenvalue weighted by molar-refractivity contribution is 6.08. The minimum atomic E-state index is -0.445. The molecular weight excluding hydrogens is 306 g/mol. The fourth-order valence-electron chi connectivity index (χ4n) is 3.75. The summed E-state index contributed by atoms with van der Waals surface area (Å²) in [5, 5.41) is 12.2. The Morgan fingerprint density at radius 3 is 2.88 bits per heavy atom. The Balaban J connectivity index is 1.74. The number of hydrogen-bond donors (Lipinski definition) is 1. The number of rotatable bonds is 4. The first-order chi connectivity index (χ1) is 11.7. The van der Waals surface area contributed by atoms with E-state index in [9.17, 15) is 9.90 Å². The molecule has 0 spiro atoms. The zero-order valence-corrected chi connectivity index (χ0v) is 13.7. The molecule has 5 nitrogen and oxygen atoms in total. The third-order valence-corrected chi connectivity index (χ3v) is 5.07. The molecule has 0 bridgehead atoms. The normalized spacial score (nSPS) is 23.0. The Hall–Kier alpha value is -1.95. The van der Waals surface area contributed by atoms with Crippen molar-refractivity contribution in [2.24, 2.45) is 0 Å². The fourth-order valence-corrected chi connectivity index (χ4v) is 3.75. The van der Waals surface area contributed by atoms with Gasteiger partial charge in [-0.3, -0.25) is 4.90 Å². The lowest BCUT2D eigenvalue weighted by atomic mass is 9.94. The summed E-state index contributed by atoms with van der Waals surface area (Å²) in [6, 6.07) is 9.95. The highest BCUT2D eigenvalue weighted by Gasteiger charge is 2.31. The van der Waals surface area contributed by atoms with Gasteiger partial charge in [-0.05, 0) is 29.1 Å². The largest absolute Gasteiger partial charge is 0.457 e. The van der Waals surface area contributed by atoms with Crippen LogP contribution >= 0.6 is 0 Å². The zero-order valence-electron chi connectivity index (χ0n) is 13.7. The molecule has 2 atom stereocenters. The molecule has 0 amide bonds. The van der Waals surface area contributed by atoms with Gasteiger partial charge in [0.1, 0.15) is 6.61 Å². The predicted molar refractivity (Wildman–Crippen MR) is 89.8 cm³/mol. The van der Waals surface area contributed by atoms with Gasteiger partial charge in [-0.1, -0.05) is 31.2 Å². The number of carbonyl (C=O) groups is 1. The van der Waals surface area contributed by atoms with Gasteiger partial charge in [0.2, 0.25) is 0 Å². The van der Waals surface area contributed by atoms with Crippen LogP contribution in [0.15, 0.2) is 30.3 Å². The summed E-state index contributed by atoms with van der Waals surface area (Å²) in [6.45, 7) is 4.93. The van der Waals surface area contributed by atoms with Crippen molar-refractivity contribution in [3.63, 3.8) is 0 Å². The molecule has 24 heavy (non-hydrogen) atoms. The zero-order chi connectivity index (χ0) is 16.7. The van der Waals surface area contributed by atoms with E-state index in [-0.39, 0.29) is 12.0 Å². The summed E-state index contributed by atoms with van der Waals surface area (Å²) in [5.41, 5.74) is 2.85. The third kappa shape index (κ3) is 2.49. The van der Waals surface area contributed by atoms with Gasteiger partial charge < -0.3 is 14.6 Å². The quantitative estimate of drug-likeness (QED) is 0.872. The molecular formula is C19H21NO4. The summed E-state index contributed by atoms with van der Waals surface area (Å²) in [5.74, 6) is -0.253. The number of ether oxygens (including phenoxy) is 2. The van der Waals surface area contributed by atoms with E-state index in [0.717, 1.165) is 35.0 Å². The molecule has 5 heteroatoms. The summed E-state index contributed by atoms with van der Waals surface area (Å²) in [6.07, 6.45) is -0.445. The van der Waals surface area contributed by atoms with Crippen molar-refractivity contribution >= 4 is 16.7 Å². The van der Waals surface area contributed by atoms with E-state index in [4.69, 9.17) is 9.47 Å². The molecule has 0 radical (unpaired) electrons. The van der Waals surface area contributed by atoms with Gasteiger partial charge in [0.25, 0.3) is 0 Å². The third-order valence-electron chi connectivity index (χ3n) is 5.07. The lowest BCUT2D eigenvalue weighted by Crippen LogP contribution is -2.42. The molecule has 2 heterocycles. The molecule has 2 aliphatic heterocycles. The van der Waals surface area contributed by atoms with E-state index in [1.807, 2.05) is 18.2 Å². The molecule has 1 N–H and O–H groups in total. The standard InChI is InChI=1S/C19H21NO4/c1-2-20(16-10-23-11-17(16)21)8-12-6-7-13-9-24-19(22)15-5-3-4-14(12)18(13)15/h3-7,16-17,21H,2,8-11H2,1H3/t16-,17-/m0/s1. The molecule has 0 unspecified atom stereocenters. The molecule has 0 aliphatic carbocycles. The van der Waals surface area contributed by atoms with Crippen LogP contribution < -0.4 is 0 Å². The summed E-state index contributed by atoms with van der Waals surface area (Å²) in [7, 11) is 0. The fraction of sp³-hybridized carbons (Fsp3) is 0.421. The molecule has 2 aromatic carbocycles. The Labute approximate surface area is 140 Å². The van der Waals surface area contributed by atoms with Gasteiger partial charge in [0, 0.05) is 11.9 Å². The van der Waals surface area contributed by atoms with E-state index in [1.165, 1.54) is 0 Å². The number of carbonyl (C=O) groups excluding carboxylic acids is 1. The molecule has 2 aliphatic rings. The van der Waals surface area contributed by atoms with Gasteiger partial charge in [-0.15, -0.1) is 0 Å². The number of benzene rings is 2. The van der Waals surface area contributed by atoms with Crippen molar-refractivity contribution in [2.45, 2.75) is 32.2 Å². The minimum absolute atomic E-state index is 0.0192. The number of nitrogens with zero attached hydrogens (tertiary/aromatic N) is 1. The van der Waals surface area contributed by atoms with E-state index in [1.54, 1.807) is 0 Å². The van der Waals surface area contributed by atoms with Crippen molar-refractivity contribution in [3.05, 3.63) is 47.0 Å². The van der Waals surface area contributed by atoms with E-state index >= 15 is 0 Å². The van der Waals surface area contributed by atoms with E-state index in [0.29, 0.717) is 25.4 Å². The van der Waals surface area contributed by atoms with Crippen LogP contribution in [0.3, 0.4) is 0 Å². The van der Waals surface area contributed by atoms with Crippen molar-refractivity contribution in [1.82, 2.24) is 4.90 Å². The van der Waals surface area contributed by atoms with Gasteiger partial charge in [0.05, 0.1) is 30.9 Å².